The second kappa shape index (κ2) is 14.1. The maximum Gasteiger partial charge on any atom is 0.411 e. The molecule has 248 valence electrons. The smallest absolute Gasteiger partial charge is 0.411 e. The number of nitrogens with two attached hydrogens (primary N) is 1. The van der Waals surface area contributed by atoms with Crippen LogP contribution in [0.2, 0.25) is 10.0 Å². The SMILES string of the molecule is CC(C)(C)OC(=O)[C@H]1CC(NC(=O)Cn2cc(-c3cnc(N)c(NCc4c(Cl)cccc4Cl)n3)cn2)CCN1C(=O)OC(C)(C)C. The van der Waals surface area contributed by atoms with Crippen LogP contribution in [0.25, 0.3) is 11.3 Å². The third-order valence-electron chi connectivity index (χ3n) is 6.80. The maximum atomic E-state index is 13.1. The van der Waals surface area contributed by atoms with Crippen LogP contribution in [0.15, 0.2) is 36.8 Å². The number of nitrogen functional groups attached to an aromatic ring is 1. The molecule has 15 heteroatoms. The van der Waals surface area contributed by atoms with Gasteiger partial charge in [0.25, 0.3) is 0 Å². The first-order valence-corrected chi connectivity index (χ1v) is 15.6. The van der Waals surface area contributed by atoms with Crippen molar-refractivity contribution in [3.8, 4) is 11.3 Å². The number of anilines is 2. The molecule has 2 amide bonds. The van der Waals surface area contributed by atoms with Gasteiger partial charge in [-0.3, -0.25) is 14.4 Å². The van der Waals surface area contributed by atoms with E-state index in [0.717, 1.165) is 0 Å². The quantitative estimate of drug-likeness (QED) is 0.275. The molecule has 2 atom stereocenters. The Bertz CT molecular complexity index is 1560. The van der Waals surface area contributed by atoms with Crippen molar-refractivity contribution < 1.29 is 23.9 Å². The van der Waals surface area contributed by atoms with Gasteiger partial charge in [-0.05, 0) is 66.5 Å². The van der Waals surface area contributed by atoms with Crippen molar-refractivity contribution in [2.45, 2.75) is 90.8 Å². The maximum absolute atomic E-state index is 13.1. The number of hydrogen-bond acceptors (Lipinski definition) is 10. The second-order valence-corrected chi connectivity index (χ2v) is 13.8. The van der Waals surface area contributed by atoms with Gasteiger partial charge in [0.2, 0.25) is 5.91 Å². The predicted octanol–water partition coefficient (Wildman–Crippen LogP) is 5.07. The minimum Gasteiger partial charge on any atom is -0.458 e. The summed E-state index contributed by atoms with van der Waals surface area (Å²) in [5.41, 5.74) is 6.37. The Morgan fingerprint density at radius 1 is 1.04 bits per heavy atom. The number of rotatable bonds is 8. The second-order valence-electron chi connectivity index (χ2n) is 13.0. The fourth-order valence-electron chi connectivity index (χ4n) is 4.77. The van der Waals surface area contributed by atoms with Gasteiger partial charge in [0.05, 0.1) is 18.1 Å². The van der Waals surface area contributed by atoms with Crippen LogP contribution in [0.4, 0.5) is 16.4 Å². The summed E-state index contributed by atoms with van der Waals surface area (Å²) in [5.74, 6) is -0.324. The lowest BCUT2D eigenvalue weighted by Crippen LogP contribution is -2.57. The molecule has 1 aromatic carbocycles. The summed E-state index contributed by atoms with van der Waals surface area (Å²) in [4.78, 5) is 49.3. The normalized spacial score (nSPS) is 16.9. The molecule has 1 aliphatic rings. The Kier molecular flexibility index (Phi) is 10.7. The molecular formula is C31H40Cl2N8O5. The van der Waals surface area contributed by atoms with Gasteiger partial charge in [0.15, 0.2) is 11.6 Å². The van der Waals surface area contributed by atoms with Crippen LogP contribution in [0, 0.1) is 0 Å². The fourth-order valence-corrected chi connectivity index (χ4v) is 5.30. The van der Waals surface area contributed by atoms with Crippen molar-refractivity contribution in [3.63, 3.8) is 0 Å². The van der Waals surface area contributed by atoms with Gasteiger partial charge in [0.1, 0.15) is 23.8 Å². The molecule has 0 radical (unpaired) electrons. The monoisotopic (exact) mass is 674 g/mol. The van der Waals surface area contributed by atoms with Gasteiger partial charge in [-0.1, -0.05) is 29.3 Å². The van der Waals surface area contributed by atoms with Crippen LogP contribution in [0.3, 0.4) is 0 Å². The number of esters is 1. The molecule has 0 spiro atoms. The molecule has 1 fully saturated rings. The van der Waals surface area contributed by atoms with E-state index < -0.39 is 29.3 Å². The highest BCUT2D eigenvalue weighted by Crippen LogP contribution is 2.27. The first-order valence-electron chi connectivity index (χ1n) is 14.8. The van der Waals surface area contributed by atoms with Crippen molar-refractivity contribution in [3.05, 3.63) is 52.4 Å². The summed E-state index contributed by atoms with van der Waals surface area (Å²) in [6, 6.07) is 3.96. The van der Waals surface area contributed by atoms with Gasteiger partial charge in [0, 0.05) is 46.5 Å². The Morgan fingerprint density at radius 3 is 2.37 bits per heavy atom. The molecule has 46 heavy (non-hydrogen) atoms. The number of carbonyl (C=O) groups excluding carboxylic acids is 3. The summed E-state index contributed by atoms with van der Waals surface area (Å²) in [6.45, 7) is 11.0. The van der Waals surface area contributed by atoms with E-state index in [2.05, 4.69) is 25.7 Å². The van der Waals surface area contributed by atoms with Crippen molar-refractivity contribution in [2.24, 2.45) is 0 Å². The first kappa shape index (κ1) is 34.8. The molecule has 0 saturated carbocycles. The van der Waals surface area contributed by atoms with Gasteiger partial charge in [-0.15, -0.1) is 0 Å². The van der Waals surface area contributed by atoms with Crippen molar-refractivity contribution in [1.82, 2.24) is 30.0 Å². The van der Waals surface area contributed by atoms with Crippen LogP contribution < -0.4 is 16.4 Å². The van der Waals surface area contributed by atoms with E-state index in [-0.39, 0.29) is 43.8 Å². The van der Waals surface area contributed by atoms with Crippen molar-refractivity contribution in [1.29, 1.82) is 0 Å². The van der Waals surface area contributed by atoms with Gasteiger partial charge < -0.3 is 25.8 Å². The molecule has 13 nitrogen and oxygen atoms in total. The zero-order valence-corrected chi connectivity index (χ0v) is 28.3. The fraction of sp³-hybridized carbons (Fsp3) is 0.484. The Morgan fingerprint density at radius 2 is 1.72 bits per heavy atom. The Balaban J connectivity index is 1.39. The van der Waals surface area contributed by atoms with Crippen LogP contribution in [0.1, 0.15) is 59.9 Å². The third-order valence-corrected chi connectivity index (χ3v) is 7.51. The average molecular weight is 676 g/mol. The van der Waals surface area contributed by atoms with Crippen LogP contribution in [-0.4, -0.2) is 72.4 Å². The van der Waals surface area contributed by atoms with Crippen molar-refractivity contribution >= 4 is 52.8 Å². The Labute approximate surface area is 278 Å². The molecule has 1 unspecified atom stereocenters. The number of aromatic nitrogens is 4. The van der Waals surface area contributed by atoms with E-state index in [1.54, 1.807) is 72.1 Å². The molecule has 3 aromatic rings. The largest absolute Gasteiger partial charge is 0.458 e. The number of ether oxygens (including phenoxy) is 2. The number of halogens is 2. The molecule has 0 bridgehead atoms. The summed E-state index contributed by atoms with van der Waals surface area (Å²) in [6.07, 6.45) is 4.77. The summed E-state index contributed by atoms with van der Waals surface area (Å²) < 4.78 is 12.6. The summed E-state index contributed by atoms with van der Waals surface area (Å²) >= 11 is 12.6. The van der Waals surface area contributed by atoms with Gasteiger partial charge >= 0.3 is 12.1 Å². The highest BCUT2D eigenvalue weighted by Gasteiger charge is 2.40. The number of benzene rings is 1. The van der Waals surface area contributed by atoms with Crippen LogP contribution in [-0.2, 0) is 32.2 Å². The predicted molar refractivity (Wildman–Crippen MR) is 175 cm³/mol. The number of piperidine rings is 1. The van der Waals surface area contributed by atoms with E-state index in [0.29, 0.717) is 39.1 Å². The standard InChI is InChI=1S/C31H40Cl2N8O5/c1-30(2,3)45-28(43)24-12-19(10-11-41(24)29(44)46-31(4,5)6)38-25(42)17-40-16-18(13-37-40)23-15-35-26(34)27(39-23)36-14-20-21(32)8-7-9-22(20)33/h7-9,13,15-16,19,24H,10-12,14,17H2,1-6H3,(H2,34,35)(H,36,39)(H,38,42)/t19?,24-/m1/s1. The van der Waals surface area contributed by atoms with E-state index in [9.17, 15) is 14.4 Å². The van der Waals surface area contributed by atoms with Crippen molar-refractivity contribution in [2.75, 3.05) is 17.6 Å². The zero-order valence-electron chi connectivity index (χ0n) is 26.8. The number of hydrogen-bond donors (Lipinski definition) is 3. The van der Waals surface area contributed by atoms with Gasteiger partial charge in [-0.25, -0.2) is 19.6 Å². The number of nitrogens with zero attached hydrogens (tertiary/aromatic N) is 5. The summed E-state index contributed by atoms with van der Waals surface area (Å²) in [5, 5.41) is 11.4. The lowest BCUT2D eigenvalue weighted by Gasteiger charge is -2.39. The molecule has 2 aromatic heterocycles. The number of likely N-dealkylation sites (tertiary alicyclic amines) is 1. The molecule has 1 aliphatic heterocycles. The van der Waals surface area contributed by atoms with E-state index in [1.807, 2.05) is 0 Å². The lowest BCUT2D eigenvalue weighted by molar-refractivity contribution is -0.163. The number of nitrogens with one attached hydrogen (secondary N) is 2. The summed E-state index contributed by atoms with van der Waals surface area (Å²) in [7, 11) is 0. The van der Waals surface area contributed by atoms with E-state index in [4.69, 9.17) is 38.4 Å². The third kappa shape index (κ3) is 9.46. The highest BCUT2D eigenvalue weighted by molar-refractivity contribution is 6.36. The average Bonchev–Trinajstić information content (AvgIpc) is 3.40. The first-order chi connectivity index (χ1) is 21.5. The number of amides is 2. The topological polar surface area (TPSA) is 167 Å². The van der Waals surface area contributed by atoms with Crippen LogP contribution >= 0.6 is 23.2 Å². The molecular weight excluding hydrogens is 635 g/mol. The molecule has 1 saturated heterocycles. The zero-order chi connectivity index (χ0) is 33.8. The lowest BCUT2D eigenvalue weighted by atomic mass is 9.97. The minimum absolute atomic E-state index is 0.0815. The molecule has 3 heterocycles. The van der Waals surface area contributed by atoms with Crippen LogP contribution in [0.5, 0.6) is 0 Å². The Hall–Kier alpha value is -4.10. The molecule has 4 N–H and O–H groups in total. The molecule has 4 rings (SSSR count). The molecule has 0 aliphatic carbocycles. The van der Waals surface area contributed by atoms with E-state index >= 15 is 0 Å². The van der Waals surface area contributed by atoms with E-state index in [1.165, 1.54) is 15.8 Å². The minimum atomic E-state index is -0.912. The highest BCUT2D eigenvalue weighted by atomic mass is 35.5. The van der Waals surface area contributed by atoms with Gasteiger partial charge in [-0.2, -0.15) is 5.10 Å². The number of carbonyl (C=O) groups is 3.